The van der Waals surface area contributed by atoms with Crippen LogP contribution in [0.15, 0.2) is 41.2 Å². The van der Waals surface area contributed by atoms with Crippen LogP contribution in [0, 0.1) is 13.8 Å². The molecule has 0 aliphatic heterocycles. The maximum atomic E-state index is 13.0. The summed E-state index contributed by atoms with van der Waals surface area (Å²) in [6.07, 6.45) is 3.55. The number of hydrogen-bond acceptors (Lipinski definition) is 5. The summed E-state index contributed by atoms with van der Waals surface area (Å²) in [5, 5.41) is 7.02. The predicted octanol–water partition coefficient (Wildman–Crippen LogP) is 2.96. The summed E-state index contributed by atoms with van der Waals surface area (Å²) in [6, 6.07) is 6.89. The Balaban J connectivity index is 1.87. The van der Waals surface area contributed by atoms with Crippen LogP contribution in [-0.2, 0) is 13.6 Å². The van der Waals surface area contributed by atoms with Crippen molar-refractivity contribution in [3.8, 4) is 5.75 Å². The first-order valence-electron chi connectivity index (χ1n) is 8.95. The Morgan fingerprint density at radius 2 is 2.11 bits per heavy atom. The second kappa shape index (κ2) is 8.16. The zero-order valence-corrected chi connectivity index (χ0v) is 16.8. The number of para-hydroxylation sites is 1. The van der Waals surface area contributed by atoms with Crippen LogP contribution in [0.1, 0.15) is 34.4 Å². The number of nitrogens with one attached hydrogen (secondary N) is 1. The largest absolute Gasteiger partial charge is 0.496 e. The number of nitrogens with zero attached hydrogens (tertiary/aromatic N) is 4. The van der Waals surface area contributed by atoms with Crippen molar-refractivity contribution in [2.75, 3.05) is 14.2 Å². The lowest BCUT2D eigenvalue weighted by Gasteiger charge is -2.25. The fraction of sp³-hybridized carbons (Fsp3) is 0.350. The van der Waals surface area contributed by atoms with E-state index in [9.17, 15) is 4.79 Å². The number of aromatic nitrogens is 3. The van der Waals surface area contributed by atoms with Gasteiger partial charge in [-0.1, -0.05) is 23.4 Å². The molecule has 1 N–H and O–H groups in total. The van der Waals surface area contributed by atoms with E-state index in [0.29, 0.717) is 23.9 Å². The average Bonchev–Trinajstić information content (AvgIpc) is 3.26. The summed E-state index contributed by atoms with van der Waals surface area (Å²) >= 11 is 0. The van der Waals surface area contributed by atoms with Gasteiger partial charge in [0.2, 0.25) is 0 Å². The highest BCUT2D eigenvalue weighted by Gasteiger charge is 2.25. The summed E-state index contributed by atoms with van der Waals surface area (Å²) < 4.78 is 12.6. The summed E-state index contributed by atoms with van der Waals surface area (Å²) in [5.74, 6) is 2.11. The maximum Gasteiger partial charge on any atom is 0.318 e. The van der Waals surface area contributed by atoms with Gasteiger partial charge in [0.05, 0.1) is 19.3 Å². The third-order valence-electron chi connectivity index (χ3n) is 4.76. The Labute approximate surface area is 164 Å². The smallest absolute Gasteiger partial charge is 0.318 e. The lowest BCUT2D eigenvalue weighted by molar-refractivity contribution is 0.203. The molecule has 0 aliphatic carbocycles. The molecule has 28 heavy (non-hydrogen) atoms. The second-order valence-electron chi connectivity index (χ2n) is 6.68. The van der Waals surface area contributed by atoms with E-state index in [1.54, 1.807) is 25.3 Å². The van der Waals surface area contributed by atoms with Gasteiger partial charge >= 0.3 is 6.03 Å². The molecule has 0 bridgehead atoms. The first kappa shape index (κ1) is 19.5. The molecule has 1 aromatic carbocycles. The van der Waals surface area contributed by atoms with E-state index in [1.807, 2.05) is 55.9 Å². The van der Waals surface area contributed by atoms with E-state index >= 15 is 0 Å². The molecule has 0 aliphatic rings. The monoisotopic (exact) mass is 383 g/mol. The Morgan fingerprint density at radius 1 is 1.36 bits per heavy atom. The Kier molecular flexibility index (Phi) is 5.67. The molecule has 0 fully saturated rings. The van der Waals surface area contributed by atoms with Crippen molar-refractivity contribution in [3.05, 3.63) is 65.1 Å². The molecule has 1 unspecified atom stereocenters. The van der Waals surface area contributed by atoms with Crippen LogP contribution < -0.4 is 10.1 Å². The van der Waals surface area contributed by atoms with Crippen molar-refractivity contribution in [1.29, 1.82) is 0 Å². The number of benzene rings is 1. The summed E-state index contributed by atoms with van der Waals surface area (Å²) in [5.41, 5.74) is 2.52. The van der Waals surface area contributed by atoms with Gasteiger partial charge in [-0.25, -0.2) is 9.78 Å². The van der Waals surface area contributed by atoms with Gasteiger partial charge in [0.25, 0.3) is 0 Å². The highest BCUT2D eigenvalue weighted by atomic mass is 16.5. The van der Waals surface area contributed by atoms with Gasteiger partial charge in [-0.3, -0.25) is 0 Å². The van der Waals surface area contributed by atoms with E-state index in [1.165, 1.54) is 0 Å². The van der Waals surface area contributed by atoms with Gasteiger partial charge in [0.1, 0.15) is 23.4 Å². The molecule has 0 spiro atoms. The molecule has 2 aromatic heterocycles. The zero-order valence-electron chi connectivity index (χ0n) is 16.8. The number of imidazole rings is 1. The first-order valence-corrected chi connectivity index (χ1v) is 8.95. The normalized spacial score (nSPS) is 11.9. The van der Waals surface area contributed by atoms with Crippen LogP contribution in [0.2, 0.25) is 0 Å². The van der Waals surface area contributed by atoms with Crippen LogP contribution in [-0.4, -0.2) is 39.8 Å². The molecular formula is C20H25N5O3. The fourth-order valence-electron chi connectivity index (χ4n) is 3.11. The third-order valence-corrected chi connectivity index (χ3v) is 4.76. The molecular weight excluding hydrogens is 358 g/mol. The van der Waals surface area contributed by atoms with Crippen molar-refractivity contribution >= 4 is 6.03 Å². The Morgan fingerprint density at radius 3 is 2.71 bits per heavy atom. The van der Waals surface area contributed by atoms with Crippen LogP contribution >= 0.6 is 0 Å². The molecule has 0 radical (unpaired) electrons. The van der Waals surface area contributed by atoms with Gasteiger partial charge in [-0.05, 0) is 19.9 Å². The van der Waals surface area contributed by atoms with Gasteiger partial charge in [-0.15, -0.1) is 0 Å². The van der Waals surface area contributed by atoms with E-state index in [2.05, 4.69) is 15.5 Å². The maximum absolute atomic E-state index is 13.0. The molecule has 8 heteroatoms. The lowest BCUT2D eigenvalue weighted by Crippen LogP contribution is -2.40. The number of amides is 2. The van der Waals surface area contributed by atoms with Gasteiger partial charge in [-0.2, -0.15) is 0 Å². The number of urea groups is 1. The standard InChI is InChI=1S/C20H25N5O3/c1-13-16(14(2)28-23-13)12-25(4)20(26)22-18(19-21-10-11-24(19)3)15-8-6-7-9-17(15)27-5/h6-11,18H,12H2,1-5H3,(H,22,26). The quantitative estimate of drug-likeness (QED) is 0.707. The minimum atomic E-state index is -0.462. The fourth-order valence-corrected chi connectivity index (χ4v) is 3.11. The number of rotatable bonds is 6. The van der Waals surface area contributed by atoms with Crippen LogP contribution in [0.25, 0.3) is 0 Å². The molecule has 8 nitrogen and oxygen atoms in total. The van der Waals surface area contributed by atoms with Crippen LogP contribution in [0.4, 0.5) is 4.79 Å². The van der Waals surface area contributed by atoms with Crippen molar-refractivity contribution < 1.29 is 14.1 Å². The molecule has 3 rings (SSSR count). The molecule has 3 aromatic rings. The van der Waals surface area contributed by atoms with Gasteiger partial charge < -0.3 is 24.0 Å². The summed E-state index contributed by atoms with van der Waals surface area (Å²) in [4.78, 5) is 19.0. The topological polar surface area (TPSA) is 85.4 Å². The van der Waals surface area contributed by atoms with Crippen molar-refractivity contribution in [1.82, 2.24) is 24.9 Å². The number of methoxy groups -OCH3 is 1. The minimum absolute atomic E-state index is 0.237. The third kappa shape index (κ3) is 3.85. The van der Waals surface area contributed by atoms with E-state index in [0.717, 1.165) is 16.8 Å². The predicted molar refractivity (Wildman–Crippen MR) is 104 cm³/mol. The molecule has 0 saturated heterocycles. The zero-order chi connectivity index (χ0) is 20.3. The lowest BCUT2D eigenvalue weighted by atomic mass is 10.0. The minimum Gasteiger partial charge on any atom is -0.496 e. The van der Waals surface area contributed by atoms with E-state index in [-0.39, 0.29) is 6.03 Å². The molecule has 0 saturated carbocycles. The first-order chi connectivity index (χ1) is 13.4. The number of aryl methyl sites for hydroxylation is 3. The molecule has 2 heterocycles. The Hall–Kier alpha value is -3.29. The van der Waals surface area contributed by atoms with Crippen LogP contribution in [0.5, 0.6) is 5.75 Å². The summed E-state index contributed by atoms with van der Waals surface area (Å²) in [6.45, 7) is 4.10. The number of carbonyl (C=O) groups is 1. The van der Waals surface area contributed by atoms with Crippen molar-refractivity contribution in [3.63, 3.8) is 0 Å². The Bertz CT molecular complexity index is 943. The van der Waals surface area contributed by atoms with Gasteiger partial charge in [0, 0.05) is 37.6 Å². The highest BCUT2D eigenvalue weighted by Crippen LogP contribution is 2.29. The second-order valence-corrected chi connectivity index (χ2v) is 6.68. The van der Waals surface area contributed by atoms with Crippen LogP contribution in [0.3, 0.4) is 0 Å². The number of ether oxygens (including phenoxy) is 1. The number of carbonyl (C=O) groups excluding carboxylic acids is 1. The van der Waals surface area contributed by atoms with Gasteiger partial charge in [0.15, 0.2) is 0 Å². The van der Waals surface area contributed by atoms with E-state index < -0.39 is 6.04 Å². The average molecular weight is 383 g/mol. The highest BCUT2D eigenvalue weighted by molar-refractivity contribution is 5.75. The van der Waals surface area contributed by atoms with E-state index in [4.69, 9.17) is 9.26 Å². The molecule has 2 amide bonds. The SMILES string of the molecule is COc1ccccc1C(NC(=O)N(C)Cc1c(C)noc1C)c1nccn1C. The number of hydrogen-bond donors (Lipinski definition) is 1. The van der Waals surface area contributed by atoms with Crippen molar-refractivity contribution in [2.24, 2.45) is 7.05 Å². The molecule has 148 valence electrons. The van der Waals surface area contributed by atoms with Crippen molar-refractivity contribution in [2.45, 2.75) is 26.4 Å². The molecule has 1 atom stereocenters. The summed E-state index contributed by atoms with van der Waals surface area (Å²) in [7, 11) is 5.24.